The number of nitrogens with one attached hydrogen (secondary N) is 1. The van der Waals surface area contributed by atoms with E-state index in [1.807, 2.05) is 0 Å². The highest BCUT2D eigenvalue weighted by molar-refractivity contribution is 5.91. The topological polar surface area (TPSA) is 54.4 Å². The Balaban J connectivity index is 2.81. The monoisotopic (exact) mass is 217 g/mol. The quantitative estimate of drug-likeness (QED) is 0.734. The number of amides is 2. The van der Waals surface area contributed by atoms with Crippen LogP contribution in [0.1, 0.15) is 5.56 Å². The van der Waals surface area contributed by atoms with Gasteiger partial charge in [-0.05, 0) is 18.9 Å². The number of rotatable bonds is 1. The number of carbonyl (C=O) groups excluding carboxylic acids is 1. The third-order valence-electron chi connectivity index (χ3n) is 1.47. The van der Waals surface area contributed by atoms with E-state index in [1.165, 1.54) is 0 Å². The van der Waals surface area contributed by atoms with Crippen LogP contribution in [0, 0.1) is 0 Å². The summed E-state index contributed by atoms with van der Waals surface area (Å²) in [7, 11) is 0. The predicted octanol–water partition coefficient (Wildman–Crippen LogP) is 2.33. The van der Waals surface area contributed by atoms with Crippen LogP contribution in [0.15, 0.2) is 23.3 Å². The maximum atomic E-state index is 12.1. The van der Waals surface area contributed by atoms with Gasteiger partial charge in [-0.2, -0.15) is 13.2 Å². The highest BCUT2D eigenvalue weighted by atomic mass is 19.4. The molecule has 4 nitrogen and oxygen atoms in total. The standard InChI is InChI=1S/C8H6F3N3O/c1-12-7(15)14-6-3-2-5(4-13-6)8(9,10)11/h2-4H,1H2,(H,13,14,15). The second kappa shape index (κ2) is 4.07. The number of halogens is 3. The first-order chi connectivity index (χ1) is 6.93. The van der Waals surface area contributed by atoms with Gasteiger partial charge >= 0.3 is 12.2 Å². The zero-order valence-corrected chi connectivity index (χ0v) is 7.38. The Kier molecular flexibility index (Phi) is 3.03. The molecular weight excluding hydrogens is 211 g/mol. The summed E-state index contributed by atoms with van der Waals surface area (Å²) in [4.78, 5) is 17.0. The summed E-state index contributed by atoms with van der Waals surface area (Å²) in [5.41, 5.74) is -0.882. The molecule has 0 radical (unpaired) electrons. The molecule has 15 heavy (non-hydrogen) atoms. The normalized spacial score (nSPS) is 10.9. The number of urea groups is 1. The molecule has 0 aliphatic rings. The van der Waals surface area contributed by atoms with E-state index >= 15 is 0 Å². The lowest BCUT2D eigenvalue weighted by atomic mass is 10.3. The van der Waals surface area contributed by atoms with E-state index in [9.17, 15) is 18.0 Å². The van der Waals surface area contributed by atoms with Crippen molar-refractivity contribution in [3.05, 3.63) is 23.9 Å². The van der Waals surface area contributed by atoms with Gasteiger partial charge in [-0.15, -0.1) is 0 Å². The second-order valence-electron chi connectivity index (χ2n) is 2.52. The molecule has 0 atom stereocenters. The third-order valence-corrected chi connectivity index (χ3v) is 1.47. The van der Waals surface area contributed by atoms with Gasteiger partial charge in [0.25, 0.3) is 0 Å². The van der Waals surface area contributed by atoms with Crippen LogP contribution >= 0.6 is 0 Å². The molecular formula is C8H6F3N3O. The zero-order valence-electron chi connectivity index (χ0n) is 7.38. The lowest BCUT2D eigenvalue weighted by Gasteiger charge is -2.06. The number of pyridine rings is 1. The number of alkyl halides is 3. The molecule has 0 spiro atoms. The summed E-state index contributed by atoms with van der Waals surface area (Å²) >= 11 is 0. The number of nitrogens with zero attached hydrogens (tertiary/aromatic N) is 2. The van der Waals surface area contributed by atoms with E-state index in [-0.39, 0.29) is 5.82 Å². The van der Waals surface area contributed by atoms with Crippen molar-refractivity contribution in [3.8, 4) is 0 Å². The minimum atomic E-state index is -4.44. The van der Waals surface area contributed by atoms with Gasteiger partial charge in [0, 0.05) is 6.20 Å². The number of aliphatic imine (C=N–C) groups is 1. The number of anilines is 1. The third kappa shape index (κ3) is 3.04. The van der Waals surface area contributed by atoms with Crippen LogP contribution in [0.25, 0.3) is 0 Å². The Morgan fingerprint density at radius 2 is 2.13 bits per heavy atom. The summed E-state index contributed by atoms with van der Waals surface area (Å²) in [5, 5.41) is 2.12. The summed E-state index contributed by atoms with van der Waals surface area (Å²) < 4.78 is 36.3. The molecule has 1 aromatic rings. The number of hydrogen-bond acceptors (Lipinski definition) is 2. The first kappa shape index (κ1) is 11.2. The van der Waals surface area contributed by atoms with Gasteiger partial charge in [-0.25, -0.2) is 14.8 Å². The van der Waals surface area contributed by atoms with Crippen molar-refractivity contribution < 1.29 is 18.0 Å². The van der Waals surface area contributed by atoms with E-state index in [4.69, 9.17) is 0 Å². The van der Waals surface area contributed by atoms with Crippen molar-refractivity contribution in [1.82, 2.24) is 4.98 Å². The first-order valence-electron chi connectivity index (χ1n) is 3.74. The Morgan fingerprint density at radius 3 is 2.53 bits per heavy atom. The van der Waals surface area contributed by atoms with Crippen LogP contribution in [-0.4, -0.2) is 17.7 Å². The molecule has 1 heterocycles. The van der Waals surface area contributed by atoms with E-state index in [0.29, 0.717) is 6.20 Å². The molecule has 1 aromatic heterocycles. The molecule has 0 aromatic carbocycles. The maximum absolute atomic E-state index is 12.1. The van der Waals surface area contributed by atoms with Crippen LogP contribution in [0.3, 0.4) is 0 Å². The van der Waals surface area contributed by atoms with E-state index in [0.717, 1.165) is 12.1 Å². The summed E-state index contributed by atoms with van der Waals surface area (Å²) in [5.74, 6) is -0.0135. The lowest BCUT2D eigenvalue weighted by Crippen LogP contribution is -2.09. The molecule has 0 bridgehead atoms. The van der Waals surface area contributed by atoms with Crippen molar-refractivity contribution in [2.45, 2.75) is 6.18 Å². The Morgan fingerprint density at radius 1 is 1.47 bits per heavy atom. The largest absolute Gasteiger partial charge is 0.417 e. The molecule has 0 aliphatic carbocycles. The van der Waals surface area contributed by atoms with Crippen molar-refractivity contribution in [2.24, 2.45) is 4.99 Å². The molecule has 1 rings (SSSR count). The molecule has 1 N–H and O–H groups in total. The summed E-state index contributed by atoms with van der Waals surface area (Å²) in [6.45, 7) is 2.94. The van der Waals surface area contributed by atoms with Crippen molar-refractivity contribution in [1.29, 1.82) is 0 Å². The average molecular weight is 217 g/mol. The molecule has 0 aliphatic heterocycles. The molecule has 80 valence electrons. The van der Waals surface area contributed by atoms with Gasteiger partial charge in [0.15, 0.2) is 0 Å². The van der Waals surface area contributed by atoms with E-state index in [2.05, 4.69) is 22.0 Å². The number of hydrogen-bond donors (Lipinski definition) is 1. The lowest BCUT2D eigenvalue weighted by molar-refractivity contribution is -0.137. The van der Waals surface area contributed by atoms with E-state index in [1.54, 1.807) is 0 Å². The van der Waals surface area contributed by atoms with E-state index < -0.39 is 17.8 Å². The minimum absolute atomic E-state index is 0.0135. The highest BCUT2D eigenvalue weighted by Gasteiger charge is 2.30. The molecule has 0 fully saturated rings. The minimum Gasteiger partial charge on any atom is -0.290 e. The van der Waals surface area contributed by atoms with Crippen molar-refractivity contribution in [3.63, 3.8) is 0 Å². The highest BCUT2D eigenvalue weighted by Crippen LogP contribution is 2.28. The van der Waals surface area contributed by atoms with Crippen LogP contribution in [0.5, 0.6) is 0 Å². The average Bonchev–Trinajstić information content (AvgIpc) is 2.17. The number of aromatic nitrogens is 1. The summed E-state index contributed by atoms with van der Waals surface area (Å²) in [6.07, 6.45) is -3.81. The fourth-order valence-electron chi connectivity index (χ4n) is 0.785. The van der Waals surface area contributed by atoms with Crippen LogP contribution < -0.4 is 5.32 Å². The fourth-order valence-corrected chi connectivity index (χ4v) is 0.785. The smallest absolute Gasteiger partial charge is 0.290 e. The van der Waals surface area contributed by atoms with Crippen molar-refractivity contribution >= 4 is 18.6 Å². The van der Waals surface area contributed by atoms with Gasteiger partial charge in [0.05, 0.1) is 5.56 Å². The summed E-state index contributed by atoms with van der Waals surface area (Å²) in [6, 6.07) is 1.07. The molecule has 7 heteroatoms. The molecule has 2 amide bonds. The SMILES string of the molecule is C=NC(=O)Nc1ccc(C(F)(F)F)cn1. The maximum Gasteiger partial charge on any atom is 0.417 e. The van der Waals surface area contributed by atoms with Gasteiger partial charge in [-0.1, -0.05) is 0 Å². The van der Waals surface area contributed by atoms with Crippen LogP contribution in [0.2, 0.25) is 0 Å². The second-order valence-corrected chi connectivity index (χ2v) is 2.52. The van der Waals surface area contributed by atoms with Gasteiger partial charge in [0.2, 0.25) is 0 Å². The Hall–Kier alpha value is -1.92. The molecule has 0 unspecified atom stereocenters. The Labute approximate surface area is 82.8 Å². The van der Waals surface area contributed by atoms with Gasteiger partial charge in [0.1, 0.15) is 5.82 Å². The zero-order chi connectivity index (χ0) is 11.5. The number of carbonyl (C=O) groups is 1. The van der Waals surface area contributed by atoms with Crippen LogP contribution in [-0.2, 0) is 6.18 Å². The Bertz CT molecular complexity index is 372. The van der Waals surface area contributed by atoms with Crippen LogP contribution in [0.4, 0.5) is 23.8 Å². The van der Waals surface area contributed by atoms with Gasteiger partial charge in [-0.3, -0.25) is 5.32 Å². The predicted molar refractivity (Wildman–Crippen MR) is 47.8 cm³/mol. The molecule has 0 saturated heterocycles. The van der Waals surface area contributed by atoms with Crippen molar-refractivity contribution in [2.75, 3.05) is 5.32 Å². The molecule has 0 saturated carbocycles. The fraction of sp³-hybridized carbons (Fsp3) is 0.125. The first-order valence-corrected chi connectivity index (χ1v) is 3.74. The van der Waals surface area contributed by atoms with Gasteiger partial charge < -0.3 is 0 Å².